The van der Waals surface area contributed by atoms with Gasteiger partial charge in [-0.3, -0.25) is 9.69 Å². The fourth-order valence-corrected chi connectivity index (χ4v) is 3.63. The quantitative estimate of drug-likeness (QED) is 0.622. The molecule has 0 bridgehead atoms. The molecule has 3 amide bonds. The summed E-state index contributed by atoms with van der Waals surface area (Å²) in [5, 5.41) is 17.3. The summed E-state index contributed by atoms with van der Waals surface area (Å²) in [5.74, 6) is -0.674. The molecule has 152 valence electrons. The lowest BCUT2D eigenvalue weighted by Gasteiger charge is -2.42. The molecular weight excluding hydrogens is 378 g/mol. The van der Waals surface area contributed by atoms with Gasteiger partial charge in [-0.2, -0.15) is 0 Å². The fraction of sp³-hybridized carbons (Fsp3) is 0.167. The van der Waals surface area contributed by atoms with Crippen molar-refractivity contribution >= 4 is 23.3 Å². The van der Waals surface area contributed by atoms with Gasteiger partial charge in [0.05, 0.1) is 5.69 Å². The maximum absolute atomic E-state index is 13.4. The van der Waals surface area contributed by atoms with Gasteiger partial charge in [0, 0.05) is 17.8 Å². The van der Waals surface area contributed by atoms with Gasteiger partial charge < -0.3 is 15.7 Å². The summed E-state index contributed by atoms with van der Waals surface area (Å²) in [6.07, 6.45) is 0. The van der Waals surface area contributed by atoms with Crippen molar-refractivity contribution in [3.8, 4) is 0 Å². The van der Waals surface area contributed by atoms with Crippen LogP contribution in [0.5, 0.6) is 0 Å². The standard InChI is InChI=1S/C24H23N3O3/c1-16-12-13-19(14-17(16)2)27-23(29)26-21-11-7-6-10-20(21)24(27,30)22(28)25-15-18-8-4-3-5-9-18/h3-14,30H,15H2,1-2H3,(H,25,28)(H,26,29)/t24-/m1/s1. The lowest BCUT2D eigenvalue weighted by atomic mass is 9.94. The SMILES string of the molecule is Cc1ccc(N2C(=O)Nc3ccccc3[C@@]2(O)C(=O)NCc2ccccc2)cc1C. The maximum atomic E-state index is 13.4. The van der Waals surface area contributed by atoms with E-state index in [1.807, 2.05) is 50.2 Å². The second-order valence-corrected chi connectivity index (χ2v) is 7.42. The third-order valence-electron chi connectivity index (χ3n) is 5.43. The number of rotatable bonds is 4. The van der Waals surface area contributed by atoms with E-state index >= 15 is 0 Å². The van der Waals surface area contributed by atoms with Crippen LogP contribution in [0.1, 0.15) is 22.3 Å². The van der Waals surface area contributed by atoms with E-state index < -0.39 is 17.7 Å². The Bertz CT molecular complexity index is 1110. The molecule has 1 aliphatic heterocycles. The average Bonchev–Trinajstić information content (AvgIpc) is 2.75. The third-order valence-corrected chi connectivity index (χ3v) is 5.43. The topological polar surface area (TPSA) is 81.7 Å². The normalized spacial score (nSPS) is 17.8. The first-order valence-corrected chi connectivity index (χ1v) is 9.74. The molecule has 30 heavy (non-hydrogen) atoms. The zero-order chi connectivity index (χ0) is 21.3. The molecule has 1 atom stereocenters. The first-order valence-electron chi connectivity index (χ1n) is 9.74. The van der Waals surface area contributed by atoms with Crippen LogP contribution < -0.4 is 15.5 Å². The molecule has 0 saturated carbocycles. The molecule has 0 aromatic heterocycles. The summed E-state index contributed by atoms with van der Waals surface area (Å²) in [6.45, 7) is 4.11. The van der Waals surface area contributed by atoms with Crippen molar-refractivity contribution in [3.05, 3.63) is 95.1 Å². The molecular formula is C24H23N3O3. The van der Waals surface area contributed by atoms with E-state index in [0.29, 0.717) is 16.9 Å². The molecule has 1 heterocycles. The van der Waals surface area contributed by atoms with E-state index in [1.54, 1.807) is 36.4 Å². The number of para-hydroxylation sites is 1. The van der Waals surface area contributed by atoms with Crippen LogP contribution >= 0.6 is 0 Å². The van der Waals surface area contributed by atoms with Gasteiger partial charge in [-0.1, -0.05) is 54.6 Å². The number of amides is 3. The highest BCUT2D eigenvalue weighted by Gasteiger charge is 2.51. The molecule has 0 radical (unpaired) electrons. The van der Waals surface area contributed by atoms with Gasteiger partial charge in [0.1, 0.15) is 0 Å². The molecule has 3 aromatic carbocycles. The van der Waals surface area contributed by atoms with Gasteiger partial charge in [0.25, 0.3) is 11.6 Å². The highest BCUT2D eigenvalue weighted by Crippen LogP contribution is 2.40. The number of carbonyl (C=O) groups excluding carboxylic acids is 2. The molecule has 3 aromatic rings. The van der Waals surface area contributed by atoms with Crippen molar-refractivity contribution in [2.75, 3.05) is 10.2 Å². The van der Waals surface area contributed by atoms with Gasteiger partial charge >= 0.3 is 6.03 Å². The van der Waals surface area contributed by atoms with Crippen LogP contribution in [0.4, 0.5) is 16.2 Å². The predicted molar refractivity (Wildman–Crippen MR) is 116 cm³/mol. The maximum Gasteiger partial charge on any atom is 0.329 e. The van der Waals surface area contributed by atoms with Crippen LogP contribution in [0.25, 0.3) is 0 Å². The Morgan fingerprint density at radius 2 is 1.70 bits per heavy atom. The van der Waals surface area contributed by atoms with Crippen LogP contribution in [0.15, 0.2) is 72.8 Å². The van der Waals surface area contributed by atoms with E-state index in [1.165, 1.54) is 0 Å². The minimum atomic E-state index is -2.20. The van der Waals surface area contributed by atoms with Crippen molar-refractivity contribution in [3.63, 3.8) is 0 Å². The number of benzene rings is 3. The summed E-state index contributed by atoms with van der Waals surface area (Å²) in [7, 11) is 0. The number of carbonyl (C=O) groups is 2. The van der Waals surface area contributed by atoms with Gasteiger partial charge in [0.2, 0.25) is 0 Å². The van der Waals surface area contributed by atoms with Crippen LogP contribution in [0, 0.1) is 13.8 Å². The summed E-state index contributed by atoms with van der Waals surface area (Å²) in [4.78, 5) is 27.5. The molecule has 6 nitrogen and oxygen atoms in total. The Kier molecular flexibility index (Phi) is 5.01. The number of urea groups is 1. The van der Waals surface area contributed by atoms with E-state index in [4.69, 9.17) is 0 Å². The molecule has 0 aliphatic carbocycles. The zero-order valence-corrected chi connectivity index (χ0v) is 16.8. The first kappa shape index (κ1) is 19.7. The Morgan fingerprint density at radius 3 is 2.43 bits per heavy atom. The number of hydrogen-bond donors (Lipinski definition) is 3. The Balaban J connectivity index is 1.78. The van der Waals surface area contributed by atoms with Gasteiger partial charge in [0.15, 0.2) is 0 Å². The second-order valence-electron chi connectivity index (χ2n) is 7.42. The van der Waals surface area contributed by atoms with E-state index in [-0.39, 0.29) is 6.54 Å². The number of nitrogens with zero attached hydrogens (tertiary/aromatic N) is 1. The summed E-state index contributed by atoms with van der Waals surface area (Å²) < 4.78 is 0. The lowest BCUT2D eigenvalue weighted by molar-refractivity contribution is -0.140. The van der Waals surface area contributed by atoms with Gasteiger partial charge in [-0.15, -0.1) is 0 Å². The van der Waals surface area contributed by atoms with Crippen molar-refractivity contribution < 1.29 is 14.7 Å². The first-order chi connectivity index (χ1) is 14.4. The van der Waals surface area contributed by atoms with Crippen molar-refractivity contribution in [1.29, 1.82) is 0 Å². The number of aryl methyl sites for hydroxylation is 2. The highest BCUT2D eigenvalue weighted by atomic mass is 16.3. The molecule has 4 rings (SSSR count). The molecule has 0 unspecified atom stereocenters. The Labute approximate surface area is 175 Å². The molecule has 0 spiro atoms. The van der Waals surface area contributed by atoms with Crippen LogP contribution in [0.2, 0.25) is 0 Å². The van der Waals surface area contributed by atoms with Crippen molar-refractivity contribution in [2.45, 2.75) is 26.1 Å². The molecule has 0 saturated heterocycles. The second kappa shape index (κ2) is 7.65. The number of anilines is 2. The van der Waals surface area contributed by atoms with E-state index in [9.17, 15) is 14.7 Å². The fourth-order valence-electron chi connectivity index (χ4n) is 3.63. The highest BCUT2D eigenvalue weighted by molar-refractivity contribution is 6.11. The minimum absolute atomic E-state index is 0.229. The van der Waals surface area contributed by atoms with E-state index in [0.717, 1.165) is 21.6 Å². The van der Waals surface area contributed by atoms with Gasteiger partial charge in [-0.25, -0.2) is 4.79 Å². The number of fused-ring (bicyclic) bond motifs is 1. The molecule has 0 fully saturated rings. The predicted octanol–water partition coefficient (Wildman–Crippen LogP) is 3.82. The number of nitrogens with one attached hydrogen (secondary N) is 2. The zero-order valence-electron chi connectivity index (χ0n) is 16.8. The average molecular weight is 401 g/mol. The monoisotopic (exact) mass is 401 g/mol. The third kappa shape index (κ3) is 3.31. The summed E-state index contributed by atoms with van der Waals surface area (Å²) >= 11 is 0. The van der Waals surface area contributed by atoms with Gasteiger partial charge in [-0.05, 0) is 48.7 Å². The molecule has 1 aliphatic rings. The van der Waals surface area contributed by atoms with Crippen LogP contribution in [0.3, 0.4) is 0 Å². The number of aliphatic hydroxyl groups is 1. The molecule has 6 heteroatoms. The largest absolute Gasteiger partial charge is 0.359 e. The number of hydrogen-bond acceptors (Lipinski definition) is 3. The van der Waals surface area contributed by atoms with Crippen molar-refractivity contribution in [2.24, 2.45) is 0 Å². The summed E-state index contributed by atoms with van der Waals surface area (Å²) in [5.41, 5.74) is 1.84. The Hall–Kier alpha value is -3.64. The summed E-state index contributed by atoms with van der Waals surface area (Å²) in [6, 6.07) is 21.0. The minimum Gasteiger partial charge on any atom is -0.359 e. The smallest absolute Gasteiger partial charge is 0.329 e. The van der Waals surface area contributed by atoms with Crippen LogP contribution in [-0.4, -0.2) is 17.0 Å². The van der Waals surface area contributed by atoms with E-state index in [2.05, 4.69) is 10.6 Å². The van der Waals surface area contributed by atoms with Crippen molar-refractivity contribution in [1.82, 2.24) is 5.32 Å². The molecule has 3 N–H and O–H groups in total. The van der Waals surface area contributed by atoms with Crippen LogP contribution in [-0.2, 0) is 17.1 Å². The Morgan fingerprint density at radius 1 is 1.00 bits per heavy atom. The lowest BCUT2D eigenvalue weighted by Crippen LogP contribution is -2.62.